The Balaban J connectivity index is 1.70. The van der Waals surface area contributed by atoms with Crippen molar-refractivity contribution in [3.8, 4) is 0 Å². The first kappa shape index (κ1) is 12.6. The number of hydrogen-bond acceptors (Lipinski definition) is 3. The van der Waals surface area contributed by atoms with Gasteiger partial charge < -0.3 is 10.6 Å². The van der Waals surface area contributed by atoms with Gasteiger partial charge in [0, 0.05) is 31.0 Å². The second-order valence-electron chi connectivity index (χ2n) is 5.99. The standard InChI is InChI=1S/C15H21N3O/c1-10-2-3-11(7-17-10)15(19)18-8-12-4-5-14(16)6-13(12)9-18/h2-3,7,12-14H,4-6,8-9,16H2,1H3/t12-,13+,14?/m1/s1. The van der Waals surface area contributed by atoms with Crippen LogP contribution in [0, 0.1) is 18.8 Å². The summed E-state index contributed by atoms with van der Waals surface area (Å²) in [7, 11) is 0. The van der Waals surface area contributed by atoms with Crippen LogP contribution in [0.2, 0.25) is 0 Å². The molecule has 19 heavy (non-hydrogen) atoms. The van der Waals surface area contributed by atoms with Gasteiger partial charge in [0.25, 0.3) is 5.91 Å². The number of fused-ring (bicyclic) bond motifs is 1. The number of aryl methyl sites for hydroxylation is 1. The molecule has 1 saturated heterocycles. The van der Waals surface area contributed by atoms with Crippen molar-refractivity contribution in [3.63, 3.8) is 0 Å². The second-order valence-corrected chi connectivity index (χ2v) is 5.99. The lowest BCUT2D eigenvalue weighted by atomic mass is 9.79. The SMILES string of the molecule is Cc1ccc(C(=O)N2C[C@H]3CCC(N)C[C@H]3C2)cn1. The minimum atomic E-state index is 0.121. The normalized spacial score (nSPS) is 30.2. The average Bonchev–Trinajstić information content (AvgIpc) is 2.81. The fourth-order valence-electron chi connectivity index (χ4n) is 3.41. The summed E-state index contributed by atoms with van der Waals surface area (Å²) in [4.78, 5) is 18.6. The molecule has 102 valence electrons. The van der Waals surface area contributed by atoms with Crippen molar-refractivity contribution in [2.45, 2.75) is 32.2 Å². The topological polar surface area (TPSA) is 59.2 Å². The molecule has 1 saturated carbocycles. The Morgan fingerprint density at radius 3 is 2.84 bits per heavy atom. The number of carbonyl (C=O) groups excluding carboxylic acids is 1. The molecule has 2 heterocycles. The van der Waals surface area contributed by atoms with Crippen molar-refractivity contribution in [2.24, 2.45) is 17.6 Å². The highest BCUT2D eigenvalue weighted by Gasteiger charge is 2.38. The Labute approximate surface area is 114 Å². The van der Waals surface area contributed by atoms with Crippen molar-refractivity contribution in [3.05, 3.63) is 29.6 Å². The number of pyridine rings is 1. The maximum absolute atomic E-state index is 12.4. The number of amides is 1. The molecule has 4 nitrogen and oxygen atoms in total. The number of nitrogens with two attached hydrogens (primary N) is 1. The van der Waals surface area contributed by atoms with Gasteiger partial charge in [0.1, 0.15) is 0 Å². The Morgan fingerprint density at radius 2 is 2.11 bits per heavy atom. The number of carbonyl (C=O) groups is 1. The predicted molar refractivity (Wildman–Crippen MR) is 73.7 cm³/mol. The van der Waals surface area contributed by atoms with Gasteiger partial charge in [0.05, 0.1) is 5.56 Å². The van der Waals surface area contributed by atoms with Gasteiger partial charge in [0.15, 0.2) is 0 Å². The van der Waals surface area contributed by atoms with E-state index in [1.54, 1.807) is 6.20 Å². The molecule has 1 unspecified atom stereocenters. The van der Waals surface area contributed by atoms with Crippen LogP contribution in [0.1, 0.15) is 35.3 Å². The first-order chi connectivity index (χ1) is 9.13. The van der Waals surface area contributed by atoms with E-state index in [1.165, 1.54) is 6.42 Å². The predicted octanol–water partition coefficient (Wildman–Crippen LogP) is 1.59. The Hall–Kier alpha value is -1.42. The summed E-state index contributed by atoms with van der Waals surface area (Å²) >= 11 is 0. The van der Waals surface area contributed by atoms with E-state index in [0.717, 1.165) is 31.6 Å². The Kier molecular flexibility index (Phi) is 3.27. The van der Waals surface area contributed by atoms with E-state index in [0.29, 0.717) is 23.4 Å². The maximum Gasteiger partial charge on any atom is 0.255 e. The number of likely N-dealkylation sites (tertiary alicyclic amines) is 1. The third-order valence-corrected chi connectivity index (χ3v) is 4.54. The molecule has 1 aromatic rings. The highest BCUT2D eigenvalue weighted by molar-refractivity contribution is 5.94. The van der Waals surface area contributed by atoms with Crippen LogP contribution >= 0.6 is 0 Å². The van der Waals surface area contributed by atoms with Crippen LogP contribution in [0.25, 0.3) is 0 Å². The van der Waals surface area contributed by atoms with E-state index in [9.17, 15) is 4.79 Å². The molecule has 0 radical (unpaired) electrons. The first-order valence-corrected chi connectivity index (χ1v) is 7.11. The highest BCUT2D eigenvalue weighted by Crippen LogP contribution is 2.36. The highest BCUT2D eigenvalue weighted by atomic mass is 16.2. The van der Waals surface area contributed by atoms with Gasteiger partial charge in [-0.2, -0.15) is 0 Å². The quantitative estimate of drug-likeness (QED) is 0.833. The summed E-state index contributed by atoms with van der Waals surface area (Å²) in [5.74, 6) is 1.38. The van der Waals surface area contributed by atoms with Crippen molar-refractivity contribution < 1.29 is 4.79 Å². The lowest BCUT2D eigenvalue weighted by Crippen LogP contribution is -2.32. The van der Waals surface area contributed by atoms with Gasteiger partial charge in [-0.25, -0.2) is 0 Å². The van der Waals surface area contributed by atoms with E-state index in [1.807, 2.05) is 24.0 Å². The third-order valence-electron chi connectivity index (χ3n) is 4.54. The summed E-state index contributed by atoms with van der Waals surface area (Å²) < 4.78 is 0. The van der Waals surface area contributed by atoms with Crippen molar-refractivity contribution in [1.82, 2.24) is 9.88 Å². The van der Waals surface area contributed by atoms with Crippen LogP contribution in [-0.4, -0.2) is 34.9 Å². The molecule has 1 aliphatic carbocycles. The van der Waals surface area contributed by atoms with Crippen molar-refractivity contribution in [2.75, 3.05) is 13.1 Å². The van der Waals surface area contributed by atoms with Gasteiger partial charge in [0.2, 0.25) is 0 Å². The zero-order valence-electron chi connectivity index (χ0n) is 11.4. The molecule has 3 atom stereocenters. The van der Waals surface area contributed by atoms with Crippen molar-refractivity contribution in [1.29, 1.82) is 0 Å². The minimum absolute atomic E-state index is 0.121. The monoisotopic (exact) mass is 259 g/mol. The summed E-state index contributed by atoms with van der Waals surface area (Å²) in [5, 5.41) is 0. The fourth-order valence-corrected chi connectivity index (χ4v) is 3.41. The van der Waals surface area contributed by atoms with Gasteiger partial charge in [-0.1, -0.05) is 0 Å². The van der Waals surface area contributed by atoms with E-state index in [4.69, 9.17) is 5.73 Å². The molecule has 0 bridgehead atoms. The van der Waals surface area contributed by atoms with Gasteiger partial charge >= 0.3 is 0 Å². The van der Waals surface area contributed by atoms with Crippen LogP contribution < -0.4 is 5.73 Å². The number of hydrogen-bond donors (Lipinski definition) is 1. The van der Waals surface area contributed by atoms with E-state index < -0.39 is 0 Å². The molecule has 2 fully saturated rings. The zero-order valence-corrected chi connectivity index (χ0v) is 11.4. The molecule has 0 aromatic carbocycles. The Morgan fingerprint density at radius 1 is 1.32 bits per heavy atom. The first-order valence-electron chi connectivity index (χ1n) is 7.11. The van der Waals surface area contributed by atoms with E-state index >= 15 is 0 Å². The second kappa shape index (κ2) is 4.93. The summed E-state index contributed by atoms with van der Waals surface area (Å²) in [5.41, 5.74) is 7.67. The fraction of sp³-hybridized carbons (Fsp3) is 0.600. The Bertz CT molecular complexity index is 471. The molecule has 3 rings (SSSR count). The number of rotatable bonds is 1. The summed E-state index contributed by atoms with van der Waals surface area (Å²) in [6.45, 7) is 3.69. The number of aromatic nitrogens is 1. The van der Waals surface area contributed by atoms with Crippen LogP contribution in [0.5, 0.6) is 0 Å². The third kappa shape index (κ3) is 2.50. The molecule has 1 aliphatic heterocycles. The van der Waals surface area contributed by atoms with Crippen LogP contribution in [0.15, 0.2) is 18.3 Å². The lowest BCUT2D eigenvalue weighted by Gasteiger charge is -2.27. The summed E-state index contributed by atoms with van der Waals surface area (Å²) in [6.07, 6.45) is 5.03. The van der Waals surface area contributed by atoms with Crippen molar-refractivity contribution >= 4 is 5.91 Å². The molecule has 2 N–H and O–H groups in total. The van der Waals surface area contributed by atoms with Crippen LogP contribution in [0.4, 0.5) is 0 Å². The zero-order chi connectivity index (χ0) is 13.4. The maximum atomic E-state index is 12.4. The molecular formula is C15H21N3O. The molecular weight excluding hydrogens is 238 g/mol. The smallest absolute Gasteiger partial charge is 0.255 e. The number of nitrogens with zero attached hydrogens (tertiary/aromatic N) is 2. The van der Waals surface area contributed by atoms with Crippen LogP contribution in [0.3, 0.4) is 0 Å². The van der Waals surface area contributed by atoms with E-state index in [-0.39, 0.29) is 5.91 Å². The van der Waals surface area contributed by atoms with Gasteiger partial charge in [-0.15, -0.1) is 0 Å². The molecule has 4 heteroatoms. The molecule has 0 spiro atoms. The lowest BCUT2D eigenvalue weighted by molar-refractivity contribution is 0.0783. The van der Waals surface area contributed by atoms with E-state index in [2.05, 4.69) is 4.98 Å². The van der Waals surface area contributed by atoms with Crippen LogP contribution in [-0.2, 0) is 0 Å². The minimum Gasteiger partial charge on any atom is -0.338 e. The van der Waals surface area contributed by atoms with Gasteiger partial charge in [-0.3, -0.25) is 9.78 Å². The average molecular weight is 259 g/mol. The molecule has 1 aromatic heterocycles. The molecule has 2 aliphatic rings. The van der Waals surface area contributed by atoms with Gasteiger partial charge in [-0.05, 0) is 50.2 Å². The largest absolute Gasteiger partial charge is 0.338 e. The summed E-state index contributed by atoms with van der Waals surface area (Å²) in [6, 6.07) is 4.10. The molecule has 1 amide bonds.